The molecule has 0 aliphatic rings. The third-order valence-electron chi connectivity index (χ3n) is 10.0. The van der Waals surface area contributed by atoms with E-state index >= 15 is 0 Å². The Labute approximate surface area is 322 Å². The van der Waals surface area contributed by atoms with E-state index in [9.17, 15) is 19.4 Å². The molecule has 9 heteroatoms. The maximum absolute atomic E-state index is 12.7. The van der Waals surface area contributed by atoms with Gasteiger partial charge in [0.15, 0.2) is 0 Å². The van der Waals surface area contributed by atoms with Crippen molar-refractivity contribution in [1.29, 1.82) is 0 Å². The summed E-state index contributed by atoms with van der Waals surface area (Å²) in [4.78, 5) is 22.9. The van der Waals surface area contributed by atoms with E-state index in [2.05, 4.69) is 19.2 Å². The van der Waals surface area contributed by atoms with Crippen molar-refractivity contribution in [2.45, 2.75) is 219 Å². The number of phosphoric acid groups is 1. The van der Waals surface area contributed by atoms with Gasteiger partial charge in [-0.25, -0.2) is 4.57 Å². The number of rotatable bonds is 40. The molecular formula is C43H88N2O6P+. The van der Waals surface area contributed by atoms with Crippen molar-refractivity contribution in [3.63, 3.8) is 0 Å². The summed E-state index contributed by atoms with van der Waals surface area (Å²) in [6.07, 6.45) is 40.5. The molecule has 3 N–H and O–H groups in total. The van der Waals surface area contributed by atoms with Gasteiger partial charge in [0.25, 0.3) is 0 Å². The van der Waals surface area contributed by atoms with Crippen LogP contribution in [0.3, 0.4) is 0 Å². The molecule has 310 valence electrons. The Morgan fingerprint density at radius 1 is 0.635 bits per heavy atom. The van der Waals surface area contributed by atoms with Crippen molar-refractivity contribution >= 4 is 13.7 Å². The highest BCUT2D eigenvalue weighted by molar-refractivity contribution is 7.47. The van der Waals surface area contributed by atoms with Crippen LogP contribution in [0.5, 0.6) is 0 Å². The summed E-state index contributed by atoms with van der Waals surface area (Å²) in [5.41, 5.74) is 0. The summed E-state index contributed by atoms with van der Waals surface area (Å²) in [5.74, 6) is -0.181. The van der Waals surface area contributed by atoms with Crippen molar-refractivity contribution in [3.8, 4) is 0 Å². The number of likely N-dealkylation sites (N-methyl/N-ethyl adjacent to an activating group) is 1. The molecule has 0 saturated heterocycles. The number of aliphatic hydroxyl groups is 1. The van der Waals surface area contributed by atoms with Crippen LogP contribution in [0.15, 0.2) is 12.2 Å². The first-order chi connectivity index (χ1) is 25.0. The van der Waals surface area contributed by atoms with Crippen LogP contribution in [-0.2, 0) is 18.4 Å². The first-order valence-electron chi connectivity index (χ1n) is 22.1. The third-order valence-corrected chi connectivity index (χ3v) is 11.0. The van der Waals surface area contributed by atoms with Gasteiger partial charge in [-0.2, -0.15) is 0 Å². The molecule has 0 aliphatic heterocycles. The van der Waals surface area contributed by atoms with E-state index in [1.54, 1.807) is 6.08 Å². The molecule has 1 amide bonds. The lowest BCUT2D eigenvalue weighted by atomic mass is 10.0. The van der Waals surface area contributed by atoms with Crippen molar-refractivity contribution in [3.05, 3.63) is 12.2 Å². The van der Waals surface area contributed by atoms with Gasteiger partial charge in [0.05, 0.1) is 39.9 Å². The van der Waals surface area contributed by atoms with Gasteiger partial charge in [-0.1, -0.05) is 193 Å². The first kappa shape index (κ1) is 51.2. The average molecular weight is 760 g/mol. The monoisotopic (exact) mass is 760 g/mol. The number of carbonyl (C=O) groups is 1. The van der Waals surface area contributed by atoms with E-state index in [1.165, 1.54) is 141 Å². The Bertz CT molecular complexity index is 865. The van der Waals surface area contributed by atoms with Gasteiger partial charge in [0.2, 0.25) is 5.91 Å². The predicted octanol–water partition coefficient (Wildman–Crippen LogP) is 12.0. The summed E-state index contributed by atoms with van der Waals surface area (Å²) in [5, 5.41) is 13.6. The highest BCUT2D eigenvalue weighted by Crippen LogP contribution is 2.43. The van der Waals surface area contributed by atoms with Crippen LogP contribution >= 0.6 is 7.82 Å². The molecular weight excluding hydrogens is 671 g/mol. The summed E-state index contributed by atoms with van der Waals surface area (Å²) < 4.78 is 23.3. The topological polar surface area (TPSA) is 105 Å². The zero-order valence-electron chi connectivity index (χ0n) is 35.1. The molecule has 0 saturated carbocycles. The van der Waals surface area contributed by atoms with Gasteiger partial charge >= 0.3 is 7.82 Å². The van der Waals surface area contributed by atoms with Crippen LogP contribution < -0.4 is 5.32 Å². The number of carbonyl (C=O) groups excluding carboxylic acids is 1. The SMILES string of the molecule is CCCCC/C=C/C(O)C(COP(=O)(O)OCC[N+](C)(C)C)NC(=O)CCCCCCCCCCCCCCCCCCCCCCCCCCC. The van der Waals surface area contributed by atoms with Crippen LogP contribution in [0.1, 0.15) is 206 Å². The number of nitrogens with one attached hydrogen (secondary N) is 1. The molecule has 0 aromatic carbocycles. The van der Waals surface area contributed by atoms with E-state index < -0.39 is 20.0 Å². The molecule has 52 heavy (non-hydrogen) atoms. The number of hydrogen-bond acceptors (Lipinski definition) is 5. The molecule has 0 aromatic rings. The van der Waals surface area contributed by atoms with Gasteiger partial charge in [-0.15, -0.1) is 0 Å². The smallest absolute Gasteiger partial charge is 0.387 e. The van der Waals surface area contributed by atoms with E-state index in [-0.39, 0.29) is 19.1 Å². The summed E-state index contributed by atoms with van der Waals surface area (Å²) in [7, 11) is 1.57. The number of quaternary nitrogens is 1. The summed E-state index contributed by atoms with van der Waals surface area (Å²) in [6.45, 7) is 4.72. The molecule has 0 heterocycles. The van der Waals surface area contributed by atoms with Gasteiger partial charge in [0, 0.05) is 6.42 Å². The second-order valence-electron chi connectivity index (χ2n) is 16.4. The van der Waals surface area contributed by atoms with Gasteiger partial charge in [-0.05, 0) is 19.3 Å². The van der Waals surface area contributed by atoms with Crippen molar-refractivity contribution in [2.75, 3.05) is 40.9 Å². The fraction of sp³-hybridized carbons (Fsp3) is 0.930. The number of unbranched alkanes of at least 4 members (excludes halogenated alkanes) is 27. The highest BCUT2D eigenvalue weighted by Gasteiger charge is 2.27. The second-order valence-corrected chi connectivity index (χ2v) is 17.9. The van der Waals surface area contributed by atoms with E-state index in [4.69, 9.17) is 9.05 Å². The average Bonchev–Trinajstić information content (AvgIpc) is 3.09. The lowest BCUT2D eigenvalue weighted by Gasteiger charge is -2.25. The Kier molecular flexibility index (Phi) is 35.4. The van der Waals surface area contributed by atoms with Crippen molar-refractivity contribution in [1.82, 2.24) is 5.32 Å². The van der Waals surface area contributed by atoms with Crippen molar-refractivity contribution < 1.29 is 32.9 Å². The predicted molar refractivity (Wildman–Crippen MR) is 222 cm³/mol. The van der Waals surface area contributed by atoms with Crippen molar-refractivity contribution in [2.24, 2.45) is 0 Å². The molecule has 0 rings (SSSR count). The Balaban J connectivity index is 3.94. The van der Waals surface area contributed by atoms with E-state index in [1.807, 2.05) is 27.2 Å². The number of aliphatic hydroxyl groups excluding tert-OH is 1. The number of amides is 1. The van der Waals surface area contributed by atoms with Crippen LogP contribution in [-0.4, -0.2) is 73.4 Å². The molecule has 8 nitrogen and oxygen atoms in total. The minimum atomic E-state index is -4.31. The number of nitrogens with zero attached hydrogens (tertiary/aromatic N) is 1. The highest BCUT2D eigenvalue weighted by atomic mass is 31.2. The van der Waals surface area contributed by atoms with Crippen LogP contribution in [0, 0.1) is 0 Å². The van der Waals surface area contributed by atoms with Gasteiger partial charge < -0.3 is 19.8 Å². The fourth-order valence-electron chi connectivity index (χ4n) is 6.45. The molecule has 0 aromatic heterocycles. The largest absolute Gasteiger partial charge is 0.472 e. The number of hydrogen-bond donors (Lipinski definition) is 3. The van der Waals surface area contributed by atoms with Crippen LogP contribution in [0.2, 0.25) is 0 Å². The lowest BCUT2D eigenvalue weighted by molar-refractivity contribution is -0.870. The molecule has 0 bridgehead atoms. The normalized spacial score (nSPS) is 14.5. The van der Waals surface area contributed by atoms with Gasteiger partial charge in [-0.3, -0.25) is 13.8 Å². The molecule has 0 fully saturated rings. The first-order valence-corrected chi connectivity index (χ1v) is 23.6. The minimum Gasteiger partial charge on any atom is -0.387 e. The maximum Gasteiger partial charge on any atom is 0.472 e. The van der Waals surface area contributed by atoms with Gasteiger partial charge in [0.1, 0.15) is 13.2 Å². The molecule has 3 atom stereocenters. The fourth-order valence-corrected chi connectivity index (χ4v) is 7.19. The van der Waals surface area contributed by atoms with Crippen LogP contribution in [0.25, 0.3) is 0 Å². The summed E-state index contributed by atoms with van der Waals surface area (Å²) >= 11 is 0. The Morgan fingerprint density at radius 2 is 1.02 bits per heavy atom. The quantitative estimate of drug-likeness (QED) is 0.0249. The minimum absolute atomic E-state index is 0.0633. The standard InChI is InChI=1S/C43H87N2O6P/c1-6-8-10-12-13-14-15-16-17-18-19-20-21-22-23-24-25-26-27-28-29-30-31-33-35-37-43(47)44-41(42(46)36-34-32-11-9-7-2)40-51-52(48,49)50-39-38-45(3,4)5/h34,36,41-42,46H,6-33,35,37-40H2,1-5H3,(H-,44,47,48,49)/p+1/b36-34+. The Hall–Kier alpha value is -0.760. The number of allylic oxidation sites excluding steroid dienone is 1. The van der Waals surface area contributed by atoms with E-state index in [0.29, 0.717) is 17.4 Å². The van der Waals surface area contributed by atoms with E-state index in [0.717, 1.165) is 44.9 Å². The summed E-state index contributed by atoms with van der Waals surface area (Å²) in [6, 6.07) is -0.836. The second kappa shape index (κ2) is 35.9. The molecule has 0 aliphatic carbocycles. The Morgan fingerprint density at radius 3 is 1.42 bits per heavy atom. The molecule has 3 unspecified atom stereocenters. The lowest BCUT2D eigenvalue weighted by Crippen LogP contribution is -2.45. The maximum atomic E-state index is 12.7. The third kappa shape index (κ3) is 37.6. The molecule has 0 radical (unpaired) electrons. The zero-order valence-corrected chi connectivity index (χ0v) is 36.0. The zero-order chi connectivity index (χ0) is 38.6. The number of phosphoric ester groups is 1. The van der Waals surface area contributed by atoms with Crippen LogP contribution in [0.4, 0.5) is 0 Å². The molecule has 0 spiro atoms.